The van der Waals surface area contributed by atoms with Crippen molar-refractivity contribution in [2.24, 2.45) is 13.0 Å². The van der Waals surface area contributed by atoms with Gasteiger partial charge in [0.15, 0.2) is 0 Å². The van der Waals surface area contributed by atoms with Crippen LogP contribution in [0.5, 0.6) is 0 Å². The first-order chi connectivity index (χ1) is 15.5. The minimum absolute atomic E-state index is 0.0441. The molecule has 9 nitrogen and oxygen atoms in total. The van der Waals surface area contributed by atoms with Gasteiger partial charge in [0.25, 0.3) is 0 Å². The minimum atomic E-state index is 0.0441. The molecular formula is C23H30N8O. The molecule has 0 unspecified atom stereocenters. The lowest BCUT2D eigenvalue weighted by atomic mass is 9.93. The Balaban J connectivity index is 1.22. The van der Waals surface area contributed by atoms with Crippen LogP contribution >= 0.6 is 0 Å². The summed E-state index contributed by atoms with van der Waals surface area (Å²) in [7, 11) is 4.02. The van der Waals surface area contributed by atoms with Gasteiger partial charge in [0.1, 0.15) is 11.5 Å². The molecule has 3 aromatic heterocycles. The second kappa shape index (κ2) is 8.91. The molecule has 0 bridgehead atoms. The van der Waals surface area contributed by atoms with Crippen molar-refractivity contribution in [3.63, 3.8) is 0 Å². The van der Waals surface area contributed by atoms with Gasteiger partial charge < -0.3 is 15.1 Å². The van der Waals surface area contributed by atoms with Crippen LogP contribution in [0, 0.1) is 5.92 Å². The molecule has 1 amide bonds. The molecule has 168 valence electrons. The second-order valence-corrected chi connectivity index (χ2v) is 9.10. The number of nitrogens with zero attached hydrogens (tertiary/aromatic N) is 7. The molecule has 32 heavy (non-hydrogen) atoms. The van der Waals surface area contributed by atoms with E-state index in [0.717, 1.165) is 42.4 Å². The lowest BCUT2D eigenvalue weighted by molar-refractivity contribution is -0.121. The molecule has 2 aliphatic rings. The molecule has 0 saturated carbocycles. The number of piperidine rings is 2. The van der Waals surface area contributed by atoms with Gasteiger partial charge in [-0.25, -0.2) is 4.98 Å². The van der Waals surface area contributed by atoms with Crippen molar-refractivity contribution in [3.05, 3.63) is 30.7 Å². The number of likely N-dealkylation sites (tertiary alicyclic amines) is 2. The van der Waals surface area contributed by atoms with Gasteiger partial charge in [-0.05, 0) is 76.4 Å². The molecule has 0 spiro atoms. The van der Waals surface area contributed by atoms with E-state index in [9.17, 15) is 4.79 Å². The summed E-state index contributed by atoms with van der Waals surface area (Å²) in [6, 6.07) is 4.54. The fourth-order valence-electron chi connectivity index (χ4n) is 4.83. The second-order valence-electron chi connectivity index (χ2n) is 9.10. The van der Waals surface area contributed by atoms with E-state index in [0.29, 0.717) is 17.6 Å². The van der Waals surface area contributed by atoms with E-state index in [2.05, 4.69) is 42.4 Å². The summed E-state index contributed by atoms with van der Waals surface area (Å²) in [6.45, 7) is 4.36. The summed E-state index contributed by atoms with van der Waals surface area (Å²) in [6.07, 6.45) is 9.65. The number of hydrogen-bond donors (Lipinski definition) is 1. The predicted molar refractivity (Wildman–Crippen MR) is 123 cm³/mol. The Kier molecular flexibility index (Phi) is 5.84. The maximum Gasteiger partial charge on any atom is 0.228 e. The fraction of sp³-hybridized carbons (Fsp3) is 0.522. The third-order valence-electron chi connectivity index (χ3n) is 6.82. The van der Waals surface area contributed by atoms with E-state index in [1.54, 1.807) is 17.1 Å². The summed E-state index contributed by atoms with van der Waals surface area (Å²) >= 11 is 0. The van der Waals surface area contributed by atoms with E-state index < -0.39 is 0 Å². The highest BCUT2D eigenvalue weighted by Gasteiger charge is 2.30. The molecule has 0 radical (unpaired) electrons. The fourth-order valence-corrected chi connectivity index (χ4v) is 4.83. The zero-order chi connectivity index (χ0) is 22.1. The van der Waals surface area contributed by atoms with E-state index in [1.807, 2.05) is 25.4 Å². The third-order valence-corrected chi connectivity index (χ3v) is 6.82. The number of nitrogens with one attached hydrogen (secondary N) is 1. The molecule has 5 rings (SSSR count). The Bertz CT molecular complexity index is 1100. The van der Waals surface area contributed by atoms with Crippen LogP contribution < -0.4 is 5.32 Å². The van der Waals surface area contributed by atoms with E-state index >= 15 is 0 Å². The van der Waals surface area contributed by atoms with Gasteiger partial charge in [-0.3, -0.25) is 14.5 Å². The largest absolute Gasteiger partial charge is 0.310 e. The Labute approximate surface area is 187 Å². The highest BCUT2D eigenvalue weighted by Crippen LogP contribution is 2.26. The molecule has 2 fully saturated rings. The quantitative estimate of drug-likeness (QED) is 0.673. The van der Waals surface area contributed by atoms with Crippen molar-refractivity contribution in [3.8, 4) is 11.4 Å². The van der Waals surface area contributed by atoms with Crippen LogP contribution in [-0.2, 0) is 11.8 Å². The van der Waals surface area contributed by atoms with E-state index in [4.69, 9.17) is 0 Å². The van der Waals surface area contributed by atoms with Crippen LogP contribution in [0.2, 0.25) is 0 Å². The average molecular weight is 435 g/mol. The van der Waals surface area contributed by atoms with Gasteiger partial charge in [-0.15, -0.1) is 5.10 Å². The number of aromatic nitrogens is 5. The first-order valence-electron chi connectivity index (χ1n) is 11.4. The van der Waals surface area contributed by atoms with Crippen LogP contribution in [-0.4, -0.2) is 79.9 Å². The number of aryl methyl sites for hydroxylation is 1. The first-order valence-corrected chi connectivity index (χ1v) is 11.4. The van der Waals surface area contributed by atoms with E-state index in [-0.39, 0.29) is 11.8 Å². The minimum Gasteiger partial charge on any atom is -0.310 e. The van der Waals surface area contributed by atoms with Crippen LogP contribution in [0.3, 0.4) is 0 Å². The summed E-state index contributed by atoms with van der Waals surface area (Å²) in [5, 5.41) is 13.0. The zero-order valence-electron chi connectivity index (χ0n) is 18.7. The van der Waals surface area contributed by atoms with Crippen LogP contribution in [0.25, 0.3) is 22.2 Å². The molecule has 0 aliphatic carbocycles. The number of pyridine rings is 2. The Hall–Kier alpha value is -2.91. The van der Waals surface area contributed by atoms with Crippen molar-refractivity contribution in [2.75, 3.05) is 38.5 Å². The van der Waals surface area contributed by atoms with Crippen LogP contribution in [0.1, 0.15) is 25.7 Å². The number of fused-ring (bicyclic) bond motifs is 1. The SMILES string of the molecule is CN1CCC(N2CCC(C(=O)Nc3cc4cc(-c5cn(C)nn5)ncc4cn3)CC2)CC1. The molecule has 2 aliphatic heterocycles. The zero-order valence-corrected chi connectivity index (χ0v) is 18.7. The Morgan fingerprint density at radius 2 is 1.69 bits per heavy atom. The lowest BCUT2D eigenvalue weighted by Crippen LogP contribution is -2.48. The molecule has 9 heteroatoms. The smallest absolute Gasteiger partial charge is 0.228 e. The topological polar surface area (TPSA) is 92.1 Å². The molecule has 0 atom stereocenters. The van der Waals surface area contributed by atoms with Gasteiger partial charge in [0.05, 0.1) is 11.9 Å². The summed E-state index contributed by atoms with van der Waals surface area (Å²) in [5.41, 5.74) is 1.46. The number of rotatable bonds is 4. The number of carbonyl (C=O) groups is 1. The Morgan fingerprint density at radius 1 is 0.938 bits per heavy atom. The average Bonchev–Trinajstić information content (AvgIpc) is 3.25. The highest BCUT2D eigenvalue weighted by molar-refractivity contribution is 5.94. The maximum absolute atomic E-state index is 12.9. The van der Waals surface area contributed by atoms with Gasteiger partial charge in [0.2, 0.25) is 5.91 Å². The standard InChI is InChI=1S/C23H30N8O/c1-29-7-5-19(6-8-29)31-9-3-16(4-10-31)23(32)26-22-12-17-11-20(21-15-30(2)28-27-21)24-13-18(17)14-25-22/h11-16,19H,3-10H2,1-2H3,(H,25,26,32). The monoisotopic (exact) mass is 434 g/mol. The van der Waals surface area contributed by atoms with Crippen molar-refractivity contribution >= 4 is 22.5 Å². The summed E-state index contributed by atoms with van der Waals surface area (Å²) in [5.74, 6) is 0.697. The number of amides is 1. The van der Waals surface area contributed by atoms with Gasteiger partial charge >= 0.3 is 0 Å². The molecular weight excluding hydrogens is 404 g/mol. The van der Waals surface area contributed by atoms with Gasteiger partial charge in [-0.2, -0.15) is 0 Å². The van der Waals surface area contributed by atoms with E-state index in [1.165, 1.54) is 25.9 Å². The Morgan fingerprint density at radius 3 is 2.41 bits per heavy atom. The molecule has 3 aromatic rings. The first kappa shape index (κ1) is 21.0. The highest BCUT2D eigenvalue weighted by atomic mass is 16.1. The van der Waals surface area contributed by atoms with Crippen molar-refractivity contribution < 1.29 is 4.79 Å². The van der Waals surface area contributed by atoms with Crippen LogP contribution in [0.4, 0.5) is 5.82 Å². The number of hydrogen-bond acceptors (Lipinski definition) is 7. The van der Waals surface area contributed by atoms with Crippen molar-refractivity contribution in [1.29, 1.82) is 0 Å². The molecule has 1 N–H and O–H groups in total. The normalized spacial score (nSPS) is 19.4. The van der Waals surface area contributed by atoms with Crippen molar-refractivity contribution in [2.45, 2.75) is 31.7 Å². The third kappa shape index (κ3) is 4.49. The maximum atomic E-state index is 12.9. The number of carbonyl (C=O) groups excluding carboxylic acids is 1. The molecule has 0 aromatic carbocycles. The van der Waals surface area contributed by atoms with Gasteiger partial charge in [-0.1, -0.05) is 5.21 Å². The predicted octanol–water partition coefficient (Wildman–Crippen LogP) is 2.17. The summed E-state index contributed by atoms with van der Waals surface area (Å²) in [4.78, 5) is 26.8. The number of anilines is 1. The van der Waals surface area contributed by atoms with Gasteiger partial charge in [0, 0.05) is 36.8 Å². The van der Waals surface area contributed by atoms with Crippen LogP contribution in [0.15, 0.2) is 30.7 Å². The molecule has 5 heterocycles. The van der Waals surface area contributed by atoms with Crippen molar-refractivity contribution in [1.82, 2.24) is 34.8 Å². The lowest BCUT2D eigenvalue weighted by Gasteiger charge is -2.40. The molecule has 2 saturated heterocycles. The summed E-state index contributed by atoms with van der Waals surface area (Å²) < 4.78 is 1.65.